The quantitative estimate of drug-likeness (QED) is 0.703. The SMILES string of the molecule is CCN1CCC(N(C)CCC(C)(NC(C)C)C(N)=O)CC1. The molecule has 0 aliphatic carbocycles. The summed E-state index contributed by atoms with van der Waals surface area (Å²) in [5.74, 6) is -0.259. The molecule has 1 atom stereocenters. The van der Waals surface area contributed by atoms with E-state index in [-0.39, 0.29) is 11.9 Å². The zero-order chi connectivity index (χ0) is 16.0. The van der Waals surface area contributed by atoms with Gasteiger partial charge in [-0.1, -0.05) is 6.92 Å². The topological polar surface area (TPSA) is 61.6 Å². The van der Waals surface area contributed by atoms with Gasteiger partial charge in [0.1, 0.15) is 0 Å². The molecule has 5 heteroatoms. The second-order valence-corrected chi connectivity index (χ2v) is 6.89. The number of carbonyl (C=O) groups is 1. The Morgan fingerprint density at radius 1 is 1.43 bits per heavy atom. The fourth-order valence-corrected chi connectivity index (χ4v) is 3.16. The molecule has 0 bridgehead atoms. The van der Waals surface area contributed by atoms with E-state index < -0.39 is 5.54 Å². The third-order valence-electron chi connectivity index (χ3n) is 4.74. The lowest BCUT2D eigenvalue weighted by atomic mass is 9.94. The van der Waals surface area contributed by atoms with E-state index in [2.05, 4.69) is 29.1 Å². The number of likely N-dealkylation sites (tertiary alicyclic amines) is 1. The minimum Gasteiger partial charge on any atom is -0.368 e. The van der Waals surface area contributed by atoms with E-state index in [1.807, 2.05) is 20.8 Å². The highest BCUT2D eigenvalue weighted by Gasteiger charge is 2.32. The van der Waals surface area contributed by atoms with Crippen LogP contribution >= 0.6 is 0 Å². The van der Waals surface area contributed by atoms with Crippen LogP contribution in [0.2, 0.25) is 0 Å². The minimum absolute atomic E-state index is 0.251. The zero-order valence-electron chi connectivity index (χ0n) is 14.5. The molecular formula is C16H34N4O. The van der Waals surface area contributed by atoms with Crippen LogP contribution in [0.1, 0.15) is 47.0 Å². The summed E-state index contributed by atoms with van der Waals surface area (Å²) in [6.07, 6.45) is 3.19. The number of primary amides is 1. The number of piperidine rings is 1. The molecule has 124 valence electrons. The van der Waals surface area contributed by atoms with Gasteiger partial charge in [-0.2, -0.15) is 0 Å². The molecule has 1 unspecified atom stereocenters. The van der Waals surface area contributed by atoms with E-state index in [1.54, 1.807) is 0 Å². The number of hydrogen-bond donors (Lipinski definition) is 2. The average Bonchev–Trinajstić information content (AvgIpc) is 2.44. The van der Waals surface area contributed by atoms with E-state index in [9.17, 15) is 4.79 Å². The van der Waals surface area contributed by atoms with Gasteiger partial charge in [-0.15, -0.1) is 0 Å². The number of rotatable bonds is 8. The van der Waals surface area contributed by atoms with Crippen molar-refractivity contribution in [3.05, 3.63) is 0 Å². The standard InChI is InChI=1S/C16H34N4O/c1-6-20-10-7-14(8-11-20)19(5)12-9-16(4,15(17)21)18-13(2)3/h13-14,18H,6-12H2,1-5H3,(H2,17,21). The van der Waals surface area contributed by atoms with Crippen molar-refractivity contribution >= 4 is 5.91 Å². The molecule has 1 aliphatic heterocycles. The summed E-state index contributed by atoms with van der Waals surface area (Å²) in [6, 6.07) is 0.879. The van der Waals surface area contributed by atoms with Crippen molar-refractivity contribution < 1.29 is 4.79 Å². The minimum atomic E-state index is -0.619. The summed E-state index contributed by atoms with van der Waals surface area (Å²) in [6.45, 7) is 12.6. The Hall–Kier alpha value is -0.650. The molecule has 21 heavy (non-hydrogen) atoms. The zero-order valence-corrected chi connectivity index (χ0v) is 14.5. The summed E-state index contributed by atoms with van der Waals surface area (Å²) in [5.41, 5.74) is 4.98. The lowest BCUT2D eigenvalue weighted by molar-refractivity contribution is -0.124. The first-order valence-corrected chi connectivity index (χ1v) is 8.28. The van der Waals surface area contributed by atoms with Gasteiger partial charge in [0.05, 0.1) is 5.54 Å². The molecule has 1 saturated heterocycles. The van der Waals surface area contributed by atoms with Crippen LogP contribution in [0.3, 0.4) is 0 Å². The second-order valence-electron chi connectivity index (χ2n) is 6.89. The molecule has 1 amide bonds. The van der Waals surface area contributed by atoms with Crippen LogP contribution in [0.25, 0.3) is 0 Å². The number of nitrogens with one attached hydrogen (secondary N) is 1. The third kappa shape index (κ3) is 5.57. The molecule has 0 radical (unpaired) electrons. The van der Waals surface area contributed by atoms with Crippen molar-refractivity contribution in [1.82, 2.24) is 15.1 Å². The largest absolute Gasteiger partial charge is 0.368 e. The summed E-state index contributed by atoms with van der Waals surface area (Å²) in [7, 11) is 2.17. The van der Waals surface area contributed by atoms with Gasteiger partial charge >= 0.3 is 0 Å². The highest BCUT2D eigenvalue weighted by atomic mass is 16.1. The van der Waals surface area contributed by atoms with Crippen molar-refractivity contribution in [1.29, 1.82) is 0 Å². The molecule has 3 N–H and O–H groups in total. The van der Waals surface area contributed by atoms with Gasteiger partial charge in [0.2, 0.25) is 5.91 Å². The Morgan fingerprint density at radius 2 is 2.00 bits per heavy atom. The summed E-state index contributed by atoms with van der Waals surface area (Å²) in [4.78, 5) is 16.7. The predicted octanol–water partition coefficient (Wildman–Crippen LogP) is 1.03. The number of nitrogens with two attached hydrogens (primary N) is 1. The first kappa shape index (κ1) is 18.4. The van der Waals surface area contributed by atoms with Gasteiger partial charge < -0.3 is 20.9 Å². The molecule has 1 heterocycles. The maximum atomic E-state index is 11.8. The third-order valence-corrected chi connectivity index (χ3v) is 4.74. The fourth-order valence-electron chi connectivity index (χ4n) is 3.16. The maximum absolute atomic E-state index is 11.8. The van der Waals surface area contributed by atoms with Crippen LogP contribution in [-0.4, -0.2) is 66.6 Å². The number of hydrogen-bond acceptors (Lipinski definition) is 4. The molecule has 0 aromatic rings. The van der Waals surface area contributed by atoms with Crippen LogP contribution in [0.4, 0.5) is 0 Å². The monoisotopic (exact) mass is 298 g/mol. The fraction of sp³-hybridized carbons (Fsp3) is 0.938. The van der Waals surface area contributed by atoms with Gasteiger partial charge in [0.15, 0.2) is 0 Å². The van der Waals surface area contributed by atoms with Crippen LogP contribution in [0, 0.1) is 0 Å². The van der Waals surface area contributed by atoms with Gasteiger partial charge in [0, 0.05) is 18.6 Å². The van der Waals surface area contributed by atoms with Crippen LogP contribution in [-0.2, 0) is 4.79 Å². The molecular weight excluding hydrogens is 264 g/mol. The van der Waals surface area contributed by atoms with E-state index in [0.717, 1.165) is 19.5 Å². The lowest BCUT2D eigenvalue weighted by Crippen LogP contribution is -2.57. The van der Waals surface area contributed by atoms with Gasteiger partial charge in [-0.25, -0.2) is 0 Å². The summed E-state index contributed by atoms with van der Waals surface area (Å²) < 4.78 is 0. The lowest BCUT2D eigenvalue weighted by Gasteiger charge is -2.38. The summed E-state index contributed by atoms with van der Waals surface area (Å²) in [5, 5.41) is 3.32. The Bertz CT molecular complexity index is 326. The van der Waals surface area contributed by atoms with Crippen LogP contribution in [0.5, 0.6) is 0 Å². The van der Waals surface area contributed by atoms with E-state index in [1.165, 1.54) is 25.9 Å². The molecule has 5 nitrogen and oxygen atoms in total. The number of amides is 1. The Morgan fingerprint density at radius 3 is 2.43 bits per heavy atom. The first-order valence-electron chi connectivity index (χ1n) is 8.28. The van der Waals surface area contributed by atoms with Crippen LogP contribution in [0.15, 0.2) is 0 Å². The van der Waals surface area contributed by atoms with Crippen molar-refractivity contribution in [2.24, 2.45) is 5.73 Å². The molecule has 0 aromatic heterocycles. The molecule has 0 saturated carbocycles. The normalized spacial score (nSPS) is 20.9. The molecule has 1 aliphatic rings. The number of carbonyl (C=O) groups excluding carboxylic acids is 1. The predicted molar refractivity (Wildman–Crippen MR) is 88.3 cm³/mol. The van der Waals surface area contributed by atoms with Crippen LogP contribution < -0.4 is 11.1 Å². The number of nitrogens with zero attached hydrogens (tertiary/aromatic N) is 2. The molecule has 1 fully saturated rings. The highest BCUT2D eigenvalue weighted by molar-refractivity contribution is 5.84. The smallest absolute Gasteiger partial charge is 0.237 e. The highest BCUT2D eigenvalue weighted by Crippen LogP contribution is 2.18. The van der Waals surface area contributed by atoms with Crippen molar-refractivity contribution in [2.75, 3.05) is 33.2 Å². The maximum Gasteiger partial charge on any atom is 0.237 e. The molecule has 1 rings (SSSR count). The molecule has 0 spiro atoms. The van der Waals surface area contributed by atoms with E-state index in [0.29, 0.717) is 6.04 Å². The van der Waals surface area contributed by atoms with Gasteiger partial charge in [0.25, 0.3) is 0 Å². The Labute approximate surface area is 130 Å². The summed E-state index contributed by atoms with van der Waals surface area (Å²) >= 11 is 0. The second kappa shape index (κ2) is 8.11. The van der Waals surface area contributed by atoms with Gasteiger partial charge in [-0.3, -0.25) is 4.79 Å². The Balaban J connectivity index is 2.47. The van der Waals surface area contributed by atoms with E-state index in [4.69, 9.17) is 5.73 Å². The first-order chi connectivity index (χ1) is 9.78. The van der Waals surface area contributed by atoms with E-state index >= 15 is 0 Å². The van der Waals surface area contributed by atoms with Crippen molar-refractivity contribution in [2.45, 2.75) is 64.6 Å². The Kier molecular flexibility index (Phi) is 7.10. The molecule has 0 aromatic carbocycles. The van der Waals surface area contributed by atoms with Crippen molar-refractivity contribution in [3.8, 4) is 0 Å². The van der Waals surface area contributed by atoms with Crippen molar-refractivity contribution in [3.63, 3.8) is 0 Å². The van der Waals surface area contributed by atoms with Gasteiger partial charge in [-0.05, 0) is 66.7 Å². The average molecular weight is 298 g/mol.